The SMILES string of the molecule is CSc1nc2nc(C)cc(OCC3CN(C(=O)c4cccc(Br)c4F)CCO3)n2n1. The second-order valence-electron chi connectivity index (χ2n) is 6.70. The fourth-order valence-corrected chi connectivity index (χ4v) is 3.85. The van der Waals surface area contributed by atoms with Gasteiger partial charge in [0.15, 0.2) is 0 Å². The fourth-order valence-electron chi connectivity index (χ4n) is 3.15. The number of carbonyl (C=O) groups is 1. The largest absolute Gasteiger partial charge is 0.475 e. The van der Waals surface area contributed by atoms with E-state index in [0.29, 0.717) is 36.5 Å². The van der Waals surface area contributed by atoms with E-state index in [0.717, 1.165) is 5.69 Å². The van der Waals surface area contributed by atoms with Gasteiger partial charge in [0.1, 0.15) is 18.5 Å². The zero-order valence-electron chi connectivity index (χ0n) is 16.3. The third kappa shape index (κ3) is 4.28. The van der Waals surface area contributed by atoms with Crippen molar-refractivity contribution >= 4 is 39.4 Å². The summed E-state index contributed by atoms with van der Waals surface area (Å²) >= 11 is 4.54. The molecule has 2 aromatic heterocycles. The number of aromatic nitrogens is 4. The number of carbonyl (C=O) groups excluding carboxylic acids is 1. The molecular formula is C19H19BrFN5O3S. The lowest BCUT2D eigenvalue weighted by Gasteiger charge is -2.33. The van der Waals surface area contributed by atoms with Gasteiger partial charge in [-0.1, -0.05) is 17.8 Å². The Hall–Kier alpha value is -2.24. The van der Waals surface area contributed by atoms with Crippen LogP contribution >= 0.6 is 27.7 Å². The van der Waals surface area contributed by atoms with Crippen LogP contribution in [-0.2, 0) is 4.74 Å². The first-order valence-electron chi connectivity index (χ1n) is 9.22. The van der Waals surface area contributed by atoms with Gasteiger partial charge >= 0.3 is 0 Å². The van der Waals surface area contributed by atoms with E-state index >= 15 is 0 Å². The summed E-state index contributed by atoms with van der Waals surface area (Å²) in [4.78, 5) is 23.1. The molecule has 1 aliphatic rings. The first-order valence-corrected chi connectivity index (χ1v) is 11.2. The van der Waals surface area contributed by atoms with E-state index in [-0.39, 0.29) is 28.7 Å². The van der Waals surface area contributed by atoms with Crippen LogP contribution in [0.1, 0.15) is 16.1 Å². The summed E-state index contributed by atoms with van der Waals surface area (Å²) in [5.41, 5.74) is 0.786. The Labute approximate surface area is 184 Å². The van der Waals surface area contributed by atoms with Crippen molar-refractivity contribution in [1.82, 2.24) is 24.5 Å². The Bertz CT molecular complexity index is 1100. The van der Waals surface area contributed by atoms with Gasteiger partial charge in [-0.05, 0) is 41.2 Å². The van der Waals surface area contributed by atoms with Crippen molar-refractivity contribution in [1.29, 1.82) is 0 Å². The quantitative estimate of drug-likeness (QED) is 0.503. The van der Waals surface area contributed by atoms with Gasteiger partial charge in [0.2, 0.25) is 11.0 Å². The molecule has 0 aliphatic carbocycles. The molecule has 0 radical (unpaired) electrons. The highest BCUT2D eigenvalue weighted by atomic mass is 79.9. The molecule has 1 aromatic carbocycles. The molecule has 8 nitrogen and oxygen atoms in total. The van der Waals surface area contributed by atoms with Gasteiger partial charge < -0.3 is 14.4 Å². The molecule has 1 unspecified atom stereocenters. The molecule has 4 rings (SSSR count). The number of benzene rings is 1. The number of hydrogen-bond donors (Lipinski definition) is 0. The van der Waals surface area contributed by atoms with Crippen LogP contribution in [0, 0.1) is 12.7 Å². The highest BCUT2D eigenvalue weighted by molar-refractivity contribution is 9.10. The van der Waals surface area contributed by atoms with Crippen LogP contribution in [0.5, 0.6) is 5.88 Å². The number of fused-ring (bicyclic) bond motifs is 1. The molecule has 1 fully saturated rings. The summed E-state index contributed by atoms with van der Waals surface area (Å²) in [6.45, 7) is 3.09. The molecule has 0 saturated carbocycles. The minimum absolute atomic E-state index is 0.0321. The molecule has 1 saturated heterocycles. The molecular weight excluding hydrogens is 477 g/mol. The maximum absolute atomic E-state index is 14.3. The number of morpholine rings is 1. The topological polar surface area (TPSA) is 81.9 Å². The summed E-state index contributed by atoms with van der Waals surface area (Å²) in [5.74, 6) is 0.0218. The average molecular weight is 496 g/mol. The van der Waals surface area contributed by atoms with Crippen LogP contribution in [0.25, 0.3) is 5.78 Å². The number of ether oxygens (including phenoxy) is 2. The zero-order valence-corrected chi connectivity index (χ0v) is 18.7. The second kappa shape index (κ2) is 8.86. The molecule has 1 aliphatic heterocycles. The van der Waals surface area contributed by atoms with E-state index in [9.17, 15) is 9.18 Å². The predicted molar refractivity (Wildman–Crippen MR) is 113 cm³/mol. The van der Waals surface area contributed by atoms with Crippen molar-refractivity contribution in [3.63, 3.8) is 0 Å². The van der Waals surface area contributed by atoms with Crippen LogP contribution in [0.15, 0.2) is 33.9 Å². The van der Waals surface area contributed by atoms with E-state index in [1.54, 1.807) is 27.6 Å². The number of rotatable bonds is 5. The number of halogens is 2. The van der Waals surface area contributed by atoms with Crippen LogP contribution in [-0.4, -0.2) is 69.1 Å². The van der Waals surface area contributed by atoms with Crippen LogP contribution in [0.3, 0.4) is 0 Å². The lowest BCUT2D eigenvalue weighted by Crippen LogP contribution is -2.47. The first-order chi connectivity index (χ1) is 14.5. The summed E-state index contributed by atoms with van der Waals surface area (Å²) in [6, 6.07) is 6.45. The van der Waals surface area contributed by atoms with Gasteiger partial charge in [-0.25, -0.2) is 9.37 Å². The van der Waals surface area contributed by atoms with E-state index in [4.69, 9.17) is 9.47 Å². The Morgan fingerprint density at radius 2 is 2.27 bits per heavy atom. The standard InChI is InChI=1S/C19H19BrFN5O3S/c1-11-8-15(26-18(22-11)23-19(24-26)30-2)29-10-12-9-25(6-7-28-12)17(27)13-4-3-5-14(20)16(13)21/h3-5,8,12H,6-7,9-10H2,1-2H3. The van der Waals surface area contributed by atoms with Gasteiger partial charge in [0.05, 0.1) is 23.2 Å². The van der Waals surface area contributed by atoms with Crippen molar-refractivity contribution < 1.29 is 18.7 Å². The summed E-state index contributed by atoms with van der Waals surface area (Å²) in [5, 5.41) is 4.96. The minimum atomic E-state index is -0.563. The lowest BCUT2D eigenvalue weighted by molar-refractivity contribution is -0.0411. The third-order valence-corrected chi connectivity index (χ3v) is 5.75. The normalized spacial score (nSPS) is 16.8. The van der Waals surface area contributed by atoms with Crippen molar-refractivity contribution in [2.45, 2.75) is 18.2 Å². The predicted octanol–water partition coefficient (Wildman–Crippen LogP) is 2.98. The number of amides is 1. The highest BCUT2D eigenvalue weighted by Gasteiger charge is 2.28. The summed E-state index contributed by atoms with van der Waals surface area (Å²) in [6.07, 6.45) is 1.53. The zero-order chi connectivity index (χ0) is 21.3. The van der Waals surface area contributed by atoms with Crippen LogP contribution in [0.4, 0.5) is 4.39 Å². The molecule has 158 valence electrons. The minimum Gasteiger partial charge on any atom is -0.475 e. The number of nitrogens with zero attached hydrogens (tertiary/aromatic N) is 5. The van der Waals surface area contributed by atoms with Crippen molar-refractivity contribution in [2.75, 3.05) is 32.6 Å². The van der Waals surface area contributed by atoms with E-state index in [1.807, 2.05) is 13.2 Å². The molecule has 0 spiro atoms. The van der Waals surface area contributed by atoms with E-state index in [2.05, 4.69) is 31.0 Å². The van der Waals surface area contributed by atoms with Crippen molar-refractivity contribution in [2.24, 2.45) is 0 Å². The van der Waals surface area contributed by atoms with Gasteiger partial charge in [-0.15, -0.1) is 5.10 Å². The maximum Gasteiger partial charge on any atom is 0.257 e. The van der Waals surface area contributed by atoms with Gasteiger partial charge in [-0.2, -0.15) is 9.50 Å². The third-order valence-electron chi connectivity index (χ3n) is 4.60. The fraction of sp³-hybridized carbons (Fsp3) is 0.368. The smallest absolute Gasteiger partial charge is 0.257 e. The van der Waals surface area contributed by atoms with Crippen molar-refractivity contribution in [3.8, 4) is 5.88 Å². The highest BCUT2D eigenvalue weighted by Crippen LogP contribution is 2.22. The summed E-state index contributed by atoms with van der Waals surface area (Å²) < 4.78 is 27.8. The van der Waals surface area contributed by atoms with Gasteiger partial charge in [0, 0.05) is 18.3 Å². The lowest BCUT2D eigenvalue weighted by atomic mass is 10.1. The Kier molecular flexibility index (Phi) is 6.21. The molecule has 1 amide bonds. The molecule has 1 atom stereocenters. The van der Waals surface area contributed by atoms with Crippen LogP contribution < -0.4 is 4.74 Å². The molecule has 0 bridgehead atoms. The monoisotopic (exact) mass is 495 g/mol. The van der Waals surface area contributed by atoms with Gasteiger partial charge in [0.25, 0.3) is 11.7 Å². The maximum atomic E-state index is 14.3. The molecule has 11 heteroatoms. The Balaban J connectivity index is 1.46. The Morgan fingerprint density at radius 3 is 3.07 bits per heavy atom. The number of hydrogen-bond acceptors (Lipinski definition) is 7. The molecule has 30 heavy (non-hydrogen) atoms. The van der Waals surface area contributed by atoms with Gasteiger partial charge in [-0.3, -0.25) is 4.79 Å². The number of aryl methyl sites for hydroxylation is 1. The molecule has 3 aromatic rings. The summed E-state index contributed by atoms with van der Waals surface area (Å²) in [7, 11) is 0. The Morgan fingerprint density at radius 1 is 1.43 bits per heavy atom. The van der Waals surface area contributed by atoms with Crippen LogP contribution in [0.2, 0.25) is 0 Å². The average Bonchev–Trinajstić information content (AvgIpc) is 3.17. The van der Waals surface area contributed by atoms with Crippen molar-refractivity contribution in [3.05, 3.63) is 45.8 Å². The number of thioether (sulfide) groups is 1. The molecule has 0 N–H and O–H groups in total. The molecule has 3 heterocycles. The second-order valence-corrected chi connectivity index (χ2v) is 8.33. The van der Waals surface area contributed by atoms with E-state index < -0.39 is 5.82 Å². The van der Waals surface area contributed by atoms with E-state index in [1.165, 1.54) is 17.8 Å². The first kappa shape index (κ1) is 21.0.